The van der Waals surface area contributed by atoms with E-state index in [2.05, 4.69) is 10.3 Å². The van der Waals surface area contributed by atoms with Crippen molar-refractivity contribution >= 4 is 5.97 Å². The lowest BCUT2D eigenvalue weighted by molar-refractivity contribution is 0.0692. The first kappa shape index (κ1) is 11.8. The third-order valence-electron chi connectivity index (χ3n) is 3.27. The van der Waals surface area contributed by atoms with Crippen molar-refractivity contribution in [3.05, 3.63) is 41.0 Å². The number of hydrogen-bond donors (Lipinski definition) is 1. The van der Waals surface area contributed by atoms with Gasteiger partial charge in [0.25, 0.3) is 0 Å². The molecule has 0 unspecified atom stereocenters. The Balaban J connectivity index is 2.07. The average Bonchev–Trinajstić information content (AvgIpc) is 3.08. The molecular weight excluding hydrogens is 249 g/mol. The molecule has 2 aromatic rings. The van der Waals surface area contributed by atoms with Gasteiger partial charge in [0.15, 0.2) is 0 Å². The van der Waals surface area contributed by atoms with Gasteiger partial charge in [0.2, 0.25) is 0 Å². The molecule has 1 aromatic carbocycles. The van der Waals surface area contributed by atoms with Crippen molar-refractivity contribution in [1.29, 1.82) is 0 Å². The maximum atomic E-state index is 13.5. The molecule has 98 valence electrons. The van der Waals surface area contributed by atoms with Crippen LogP contribution in [-0.4, -0.2) is 26.1 Å². The molecule has 0 aliphatic heterocycles. The second-order valence-corrected chi connectivity index (χ2v) is 4.79. The van der Waals surface area contributed by atoms with E-state index in [4.69, 9.17) is 5.11 Å². The van der Waals surface area contributed by atoms with Gasteiger partial charge in [-0.05, 0) is 37.5 Å². The molecule has 0 spiro atoms. The Morgan fingerprint density at radius 1 is 1.47 bits per heavy atom. The molecule has 1 saturated carbocycles. The largest absolute Gasteiger partial charge is 0.478 e. The first-order valence-corrected chi connectivity index (χ1v) is 6.02. The van der Waals surface area contributed by atoms with Gasteiger partial charge in [-0.15, -0.1) is 5.10 Å². The molecule has 1 fully saturated rings. The summed E-state index contributed by atoms with van der Waals surface area (Å²) in [4.78, 5) is 11.0. The van der Waals surface area contributed by atoms with Crippen molar-refractivity contribution in [2.45, 2.75) is 25.7 Å². The van der Waals surface area contributed by atoms with E-state index in [0.717, 1.165) is 18.5 Å². The van der Waals surface area contributed by atoms with Crippen LogP contribution in [0.3, 0.4) is 0 Å². The molecule has 0 amide bonds. The molecule has 0 radical (unpaired) electrons. The summed E-state index contributed by atoms with van der Waals surface area (Å²) in [7, 11) is 0. The van der Waals surface area contributed by atoms with Gasteiger partial charge in [-0.25, -0.2) is 13.9 Å². The van der Waals surface area contributed by atoms with Gasteiger partial charge in [0.1, 0.15) is 5.82 Å². The average molecular weight is 261 g/mol. The second kappa shape index (κ2) is 4.15. The first-order valence-electron chi connectivity index (χ1n) is 6.02. The van der Waals surface area contributed by atoms with E-state index in [-0.39, 0.29) is 5.56 Å². The molecule has 1 aliphatic carbocycles. The molecule has 1 aliphatic rings. The van der Waals surface area contributed by atoms with E-state index in [9.17, 15) is 9.18 Å². The van der Waals surface area contributed by atoms with Gasteiger partial charge in [-0.2, -0.15) is 0 Å². The summed E-state index contributed by atoms with van der Waals surface area (Å²) < 4.78 is 15.0. The number of carboxylic acids is 1. The summed E-state index contributed by atoms with van der Waals surface area (Å²) >= 11 is 0. The minimum atomic E-state index is -1.29. The van der Waals surface area contributed by atoms with Crippen LogP contribution in [0.2, 0.25) is 0 Å². The fraction of sp³-hybridized carbons (Fsp3) is 0.308. The van der Waals surface area contributed by atoms with Gasteiger partial charge in [0, 0.05) is 5.92 Å². The van der Waals surface area contributed by atoms with Crippen LogP contribution in [0.5, 0.6) is 0 Å². The lowest BCUT2D eigenvalue weighted by atomic mass is 10.1. The highest BCUT2D eigenvalue weighted by Crippen LogP contribution is 2.38. The minimum absolute atomic E-state index is 0.357. The topological polar surface area (TPSA) is 68.0 Å². The molecule has 3 rings (SSSR count). The van der Waals surface area contributed by atoms with E-state index in [1.807, 2.05) is 0 Å². The van der Waals surface area contributed by atoms with Gasteiger partial charge in [-0.3, -0.25) is 0 Å². The van der Waals surface area contributed by atoms with Crippen LogP contribution >= 0.6 is 0 Å². The number of aromatic nitrogens is 3. The Kier molecular flexibility index (Phi) is 2.58. The van der Waals surface area contributed by atoms with Crippen LogP contribution < -0.4 is 0 Å². The molecule has 6 heteroatoms. The second-order valence-electron chi connectivity index (χ2n) is 4.79. The number of aryl methyl sites for hydroxylation is 1. The number of carboxylic acid groups (broad SMARTS) is 1. The van der Waals surface area contributed by atoms with Crippen LogP contribution in [0.4, 0.5) is 4.39 Å². The predicted molar refractivity (Wildman–Crippen MR) is 65.0 cm³/mol. The third kappa shape index (κ3) is 2.09. The summed E-state index contributed by atoms with van der Waals surface area (Å²) in [6, 6.07) is 2.50. The number of rotatable bonds is 3. The number of benzene rings is 1. The third-order valence-corrected chi connectivity index (χ3v) is 3.27. The van der Waals surface area contributed by atoms with Crippen molar-refractivity contribution in [3.63, 3.8) is 0 Å². The normalized spacial score (nSPS) is 14.6. The molecule has 0 atom stereocenters. The SMILES string of the molecule is Cc1cc(F)c(C(=O)O)cc1-n1cc(C2CC2)nn1. The number of hydrogen-bond acceptors (Lipinski definition) is 3. The smallest absolute Gasteiger partial charge is 0.338 e. The van der Waals surface area contributed by atoms with Crippen molar-refractivity contribution in [3.8, 4) is 5.69 Å². The Bertz CT molecular complexity index is 662. The predicted octanol–water partition coefficient (Wildman–Crippen LogP) is 2.29. The van der Waals surface area contributed by atoms with Crippen LogP contribution in [0.15, 0.2) is 18.3 Å². The highest BCUT2D eigenvalue weighted by atomic mass is 19.1. The highest BCUT2D eigenvalue weighted by molar-refractivity contribution is 5.88. The highest BCUT2D eigenvalue weighted by Gasteiger charge is 2.27. The van der Waals surface area contributed by atoms with Crippen LogP contribution in [0, 0.1) is 12.7 Å². The molecule has 1 aromatic heterocycles. The Labute approximate surface area is 108 Å². The van der Waals surface area contributed by atoms with Crippen LogP contribution in [0.1, 0.15) is 40.4 Å². The van der Waals surface area contributed by atoms with E-state index in [1.165, 1.54) is 16.8 Å². The summed E-state index contributed by atoms with van der Waals surface area (Å²) in [5.41, 5.74) is 1.71. The van der Waals surface area contributed by atoms with E-state index in [0.29, 0.717) is 17.2 Å². The van der Waals surface area contributed by atoms with Gasteiger partial charge >= 0.3 is 5.97 Å². The van der Waals surface area contributed by atoms with Crippen LogP contribution in [-0.2, 0) is 0 Å². The Hall–Kier alpha value is -2.24. The summed E-state index contributed by atoms with van der Waals surface area (Å²) in [5, 5.41) is 17.0. The number of aromatic carboxylic acids is 1. The minimum Gasteiger partial charge on any atom is -0.478 e. The summed E-state index contributed by atoms with van der Waals surface area (Å²) in [6.07, 6.45) is 4.01. The van der Waals surface area contributed by atoms with Crippen molar-refractivity contribution in [2.75, 3.05) is 0 Å². The molecule has 5 nitrogen and oxygen atoms in total. The monoisotopic (exact) mass is 261 g/mol. The Morgan fingerprint density at radius 2 is 2.21 bits per heavy atom. The van der Waals surface area contributed by atoms with Crippen molar-refractivity contribution in [2.24, 2.45) is 0 Å². The fourth-order valence-electron chi connectivity index (χ4n) is 2.03. The molecule has 1 N–H and O–H groups in total. The zero-order valence-corrected chi connectivity index (χ0v) is 10.3. The quantitative estimate of drug-likeness (QED) is 0.920. The number of nitrogens with zero attached hydrogens (tertiary/aromatic N) is 3. The van der Waals surface area contributed by atoms with E-state index < -0.39 is 11.8 Å². The standard InChI is InChI=1S/C13H12FN3O2/c1-7-4-10(14)9(13(18)19)5-12(7)17-6-11(15-16-17)8-2-3-8/h4-6,8H,2-3H2,1H3,(H,18,19). The Morgan fingerprint density at radius 3 is 2.84 bits per heavy atom. The summed E-state index contributed by atoms with van der Waals surface area (Å²) in [6.45, 7) is 1.71. The molecule has 0 saturated heterocycles. The van der Waals surface area contributed by atoms with E-state index >= 15 is 0 Å². The van der Waals surface area contributed by atoms with Crippen molar-refractivity contribution < 1.29 is 14.3 Å². The molecule has 19 heavy (non-hydrogen) atoms. The molecule has 0 bridgehead atoms. The zero-order chi connectivity index (χ0) is 13.6. The maximum absolute atomic E-state index is 13.5. The maximum Gasteiger partial charge on any atom is 0.338 e. The molecule has 1 heterocycles. The lowest BCUT2D eigenvalue weighted by Gasteiger charge is -2.07. The number of carbonyl (C=O) groups is 1. The van der Waals surface area contributed by atoms with Crippen LogP contribution in [0.25, 0.3) is 5.69 Å². The first-order chi connectivity index (χ1) is 9.06. The van der Waals surface area contributed by atoms with Gasteiger partial charge < -0.3 is 5.11 Å². The fourth-order valence-corrected chi connectivity index (χ4v) is 2.03. The van der Waals surface area contributed by atoms with Crippen molar-refractivity contribution in [1.82, 2.24) is 15.0 Å². The zero-order valence-electron chi connectivity index (χ0n) is 10.3. The van der Waals surface area contributed by atoms with Gasteiger partial charge in [0.05, 0.1) is 23.1 Å². The molecular formula is C13H12FN3O2. The van der Waals surface area contributed by atoms with E-state index in [1.54, 1.807) is 13.1 Å². The van der Waals surface area contributed by atoms with Gasteiger partial charge in [-0.1, -0.05) is 5.21 Å². The number of halogens is 1. The lowest BCUT2D eigenvalue weighted by Crippen LogP contribution is -2.06. The summed E-state index contributed by atoms with van der Waals surface area (Å²) in [5.74, 6) is -1.56.